The van der Waals surface area contributed by atoms with E-state index in [0.717, 1.165) is 19.6 Å². The highest BCUT2D eigenvalue weighted by Gasteiger charge is 2.21. The number of amides is 1. The van der Waals surface area contributed by atoms with Crippen LogP contribution in [0, 0.1) is 0 Å². The molecule has 1 aromatic heterocycles. The number of methoxy groups -OCH3 is 1. The normalized spacial score (nSPS) is 13.9. The van der Waals surface area contributed by atoms with Gasteiger partial charge >= 0.3 is 0 Å². The van der Waals surface area contributed by atoms with Gasteiger partial charge in [0.05, 0.1) is 7.11 Å². The van der Waals surface area contributed by atoms with Crippen LogP contribution in [-0.2, 0) is 17.8 Å². The average Bonchev–Trinajstić information content (AvgIpc) is 2.92. The molecule has 0 unspecified atom stereocenters. The van der Waals surface area contributed by atoms with Gasteiger partial charge in [0.1, 0.15) is 12.3 Å². The fourth-order valence-electron chi connectivity index (χ4n) is 4.12. The van der Waals surface area contributed by atoms with Crippen LogP contribution in [0.4, 0.5) is 0 Å². The van der Waals surface area contributed by atoms with Crippen molar-refractivity contribution < 1.29 is 14.3 Å². The van der Waals surface area contributed by atoms with Gasteiger partial charge in [-0.1, -0.05) is 43.0 Å². The number of hydrogen-bond acceptors (Lipinski definition) is 7. The van der Waals surface area contributed by atoms with E-state index in [-0.39, 0.29) is 30.0 Å². The van der Waals surface area contributed by atoms with Gasteiger partial charge in [0.2, 0.25) is 5.91 Å². The number of aryl methyl sites for hydroxylation is 1. The minimum atomic E-state index is -0.355. The summed E-state index contributed by atoms with van der Waals surface area (Å²) in [5, 5.41) is 8.27. The second-order valence-corrected chi connectivity index (χ2v) is 8.56. The molecule has 9 nitrogen and oxygen atoms in total. The number of nitrogens with zero attached hydrogens (tertiary/aromatic N) is 4. The maximum atomic E-state index is 12.7. The molecule has 1 aliphatic rings. The van der Waals surface area contributed by atoms with Crippen LogP contribution in [0.3, 0.4) is 0 Å². The van der Waals surface area contributed by atoms with E-state index in [1.165, 1.54) is 12.7 Å². The number of carbonyl (C=O) groups is 1. The Morgan fingerprint density at radius 3 is 2.56 bits per heavy atom. The van der Waals surface area contributed by atoms with E-state index in [4.69, 9.17) is 9.47 Å². The Labute approximate surface area is 210 Å². The number of hydrogen-bond donors (Lipinski definition) is 1. The third-order valence-electron chi connectivity index (χ3n) is 6.11. The molecule has 1 fully saturated rings. The summed E-state index contributed by atoms with van der Waals surface area (Å²) in [5.74, 6) is 1.42. The average molecular weight is 490 g/mol. The zero-order valence-corrected chi connectivity index (χ0v) is 20.5. The van der Waals surface area contributed by atoms with Gasteiger partial charge in [0.25, 0.3) is 5.56 Å². The zero-order chi connectivity index (χ0) is 25.3. The molecule has 0 aliphatic carbocycles. The van der Waals surface area contributed by atoms with E-state index in [9.17, 15) is 9.59 Å². The van der Waals surface area contributed by atoms with E-state index >= 15 is 0 Å². The molecule has 36 heavy (non-hydrogen) atoms. The van der Waals surface area contributed by atoms with Crippen LogP contribution in [0.25, 0.3) is 11.4 Å². The van der Waals surface area contributed by atoms with Crippen LogP contribution in [0.5, 0.6) is 11.5 Å². The summed E-state index contributed by atoms with van der Waals surface area (Å²) >= 11 is 0. The number of benzene rings is 2. The molecule has 0 bridgehead atoms. The number of rotatable bonds is 10. The third-order valence-corrected chi connectivity index (χ3v) is 6.11. The summed E-state index contributed by atoms with van der Waals surface area (Å²) in [6.07, 6.45) is 2.11. The lowest BCUT2D eigenvalue weighted by Gasteiger charge is -2.34. The molecule has 0 radical (unpaired) electrons. The minimum Gasteiger partial charge on any atom is -0.493 e. The van der Waals surface area contributed by atoms with Gasteiger partial charge in [0.15, 0.2) is 17.3 Å². The van der Waals surface area contributed by atoms with Crippen molar-refractivity contribution in [3.05, 3.63) is 82.8 Å². The number of carbonyl (C=O) groups excluding carboxylic acids is 1. The maximum Gasteiger partial charge on any atom is 0.273 e. The first-order chi connectivity index (χ1) is 17.6. The van der Waals surface area contributed by atoms with E-state index in [0.29, 0.717) is 42.6 Å². The molecule has 1 amide bonds. The second kappa shape index (κ2) is 12.1. The fraction of sp³-hybridized carbons (Fsp3) is 0.333. The molecule has 188 valence electrons. The Hall–Kier alpha value is -3.98. The fourth-order valence-corrected chi connectivity index (χ4v) is 4.12. The third kappa shape index (κ3) is 6.37. The van der Waals surface area contributed by atoms with Gasteiger partial charge in [0, 0.05) is 51.1 Å². The van der Waals surface area contributed by atoms with E-state index in [1.54, 1.807) is 24.3 Å². The quantitative estimate of drug-likeness (QED) is 0.437. The molecular formula is C27H31N5O4. The second-order valence-electron chi connectivity index (χ2n) is 8.56. The molecule has 2 heterocycles. The van der Waals surface area contributed by atoms with Gasteiger partial charge in [-0.3, -0.25) is 14.5 Å². The van der Waals surface area contributed by atoms with E-state index < -0.39 is 0 Å². The highest BCUT2D eigenvalue weighted by atomic mass is 16.5. The summed E-state index contributed by atoms with van der Waals surface area (Å²) in [7, 11) is 1.54. The Morgan fingerprint density at radius 1 is 1.08 bits per heavy atom. The first kappa shape index (κ1) is 25.1. The number of aromatic amines is 1. The summed E-state index contributed by atoms with van der Waals surface area (Å²) in [6.45, 7) is 7.89. The van der Waals surface area contributed by atoms with Gasteiger partial charge < -0.3 is 19.4 Å². The molecule has 0 atom stereocenters. The van der Waals surface area contributed by atoms with Crippen LogP contribution >= 0.6 is 0 Å². The SMILES string of the molecule is C=CCOc1ccc(-c2nnc(CCC(=O)N3CCN(Cc4ccccc4)CC3)c(=O)[nH]2)cc1OC. The van der Waals surface area contributed by atoms with Crippen LogP contribution < -0.4 is 15.0 Å². The van der Waals surface area contributed by atoms with Crippen molar-refractivity contribution in [2.45, 2.75) is 19.4 Å². The number of ether oxygens (including phenoxy) is 2. The maximum absolute atomic E-state index is 12.7. The minimum absolute atomic E-state index is 0.0273. The van der Waals surface area contributed by atoms with Crippen LogP contribution in [0.2, 0.25) is 0 Å². The first-order valence-electron chi connectivity index (χ1n) is 12.0. The van der Waals surface area contributed by atoms with Gasteiger partial charge in [-0.2, -0.15) is 0 Å². The lowest BCUT2D eigenvalue weighted by atomic mass is 10.1. The van der Waals surface area contributed by atoms with Crippen molar-refractivity contribution in [2.75, 3.05) is 39.9 Å². The number of nitrogens with one attached hydrogen (secondary N) is 1. The van der Waals surface area contributed by atoms with Crippen LogP contribution in [0.1, 0.15) is 17.7 Å². The lowest BCUT2D eigenvalue weighted by molar-refractivity contribution is -0.133. The summed E-state index contributed by atoms with van der Waals surface area (Å²) in [6, 6.07) is 15.6. The van der Waals surface area contributed by atoms with Crippen molar-refractivity contribution in [1.82, 2.24) is 25.0 Å². The molecule has 1 aliphatic heterocycles. The van der Waals surface area contributed by atoms with Crippen LogP contribution in [-0.4, -0.2) is 70.8 Å². The molecule has 0 saturated carbocycles. The first-order valence-corrected chi connectivity index (χ1v) is 12.0. The number of H-pyrrole nitrogens is 1. The van der Waals surface area contributed by atoms with E-state index in [2.05, 4.69) is 38.8 Å². The molecular weight excluding hydrogens is 458 g/mol. The van der Waals surface area contributed by atoms with Gasteiger partial charge in [-0.25, -0.2) is 0 Å². The van der Waals surface area contributed by atoms with Crippen LogP contribution in [0.15, 0.2) is 66.0 Å². The van der Waals surface area contributed by atoms with E-state index in [1.807, 2.05) is 23.1 Å². The molecule has 3 aromatic rings. The Balaban J connectivity index is 1.31. The largest absolute Gasteiger partial charge is 0.493 e. The number of piperazine rings is 1. The topological polar surface area (TPSA) is 101 Å². The predicted octanol–water partition coefficient (Wildman–Crippen LogP) is 2.68. The van der Waals surface area contributed by atoms with Crippen molar-refractivity contribution in [3.63, 3.8) is 0 Å². The highest BCUT2D eigenvalue weighted by Crippen LogP contribution is 2.31. The molecule has 1 N–H and O–H groups in total. The Bertz CT molecular complexity index is 1240. The summed E-state index contributed by atoms with van der Waals surface area (Å²) in [5.41, 5.74) is 1.80. The van der Waals surface area contributed by atoms with Gasteiger partial charge in [-0.05, 0) is 23.8 Å². The molecule has 2 aromatic carbocycles. The smallest absolute Gasteiger partial charge is 0.273 e. The molecule has 1 saturated heterocycles. The van der Waals surface area contributed by atoms with Gasteiger partial charge in [-0.15, -0.1) is 10.2 Å². The lowest BCUT2D eigenvalue weighted by Crippen LogP contribution is -2.48. The summed E-state index contributed by atoms with van der Waals surface area (Å²) in [4.78, 5) is 32.3. The number of aromatic nitrogens is 3. The van der Waals surface area contributed by atoms with Crippen molar-refractivity contribution in [1.29, 1.82) is 0 Å². The standard InChI is InChI=1S/C27H31N5O4/c1-3-17-36-23-11-9-21(18-24(23)35-2)26-28-27(34)22(29-30-26)10-12-25(33)32-15-13-31(14-16-32)19-20-7-5-4-6-8-20/h3-9,11,18H,1,10,12-17,19H2,2H3,(H,28,30,34). The van der Waals surface area contributed by atoms with Crippen molar-refractivity contribution in [2.24, 2.45) is 0 Å². The predicted molar refractivity (Wildman–Crippen MR) is 137 cm³/mol. The van der Waals surface area contributed by atoms with Crippen molar-refractivity contribution in [3.8, 4) is 22.9 Å². The molecule has 0 spiro atoms. The van der Waals surface area contributed by atoms with Crippen molar-refractivity contribution >= 4 is 5.91 Å². The molecule has 9 heteroatoms. The zero-order valence-electron chi connectivity index (χ0n) is 20.5. The highest BCUT2D eigenvalue weighted by molar-refractivity contribution is 5.76. The molecule has 4 rings (SSSR count). The summed E-state index contributed by atoms with van der Waals surface area (Å²) < 4.78 is 10.9. The Morgan fingerprint density at radius 2 is 1.86 bits per heavy atom. The Kier molecular flexibility index (Phi) is 8.46. The monoisotopic (exact) mass is 489 g/mol.